The van der Waals surface area contributed by atoms with Gasteiger partial charge in [0.1, 0.15) is 12.4 Å². The van der Waals surface area contributed by atoms with Gasteiger partial charge in [0.15, 0.2) is 11.3 Å². The molecule has 0 bridgehead atoms. The van der Waals surface area contributed by atoms with Crippen LogP contribution in [-0.4, -0.2) is 31.4 Å². The van der Waals surface area contributed by atoms with Crippen LogP contribution in [-0.2, 0) is 24.0 Å². The minimum absolute atomic E-state index is 0.0448. The van der Waals surface area contributed by atoms with Gasteiger partial charge in [-0.2, -0.15) is 0 Å². The lowest BCUT2D eigenvalue weighted by molar-refractivity contribution is -0.0120. The number of H-pyrrole nitrogens is 1. The molecule has 1 aromatic heterocycles. The van der Waals surface area contributed by atoms with E-state index < -0.39 is 0 Å². The lowest BCUT2D eigenvalue weighted by Crippen LogP contribution is -2.26. The molecule has 1 fully saturated rings. The van der Waals surface area contributed by atoms with Gasteiger partial charge in [0.2, 0.25) is 0 Å². The number of rotatable bonds is 8. The zero-order valence-corrected chi connectivity index (χ0v) is 16.3. The Hall–Kier alpha value is -2.27. The number of nitrogens with one attached hydrogen (secondary N) is 1. The van der Waals surface area contributed by atoms with Crippen LogP contribution in [0.4, 0.5) is 0 Å². The van der Waals surface area contributed by atoms with Gasteiger partial charge in [-0.15, -0.1) is 0 Å². The number of hydrogen-bond donors (Lipinski definition) is 1. The Morgan fingerprint density at radius 2 is 2.07 bits per heavy atom. The Labute approximate surface area is 160 Å². The van der Waals surface area contributed by atoms with Crippen LogP contribution in [0.5, 0.6) is 11.6 Å². The molecular weight excluding hydrogens is 342 g/mol. The molecule has 27 heavy (non-hydrogen) atoms. The highest BCUT2D eigenvalue weighted by Crippen LogP contribution is 2.22. The van der Waals surface area contributed by atoms with Crippen LogP contribution < -0.4 is 14.9 Å². The van der Waals surface area contributed by atoms with Crippen LogP contribution in [0.15, 0.2) is 35.1 Å². The summed E-state index contributed by atoms with van der Waals surface area (Å²) >= 11 is 0. The molecule has 0 spiro atoms. The molecule has 1 aromatic carbocycles. The molecule has 0 saturated carbocycles. The average molecular weight is 371 g/mol. The normalized spacial score (nSPS) is 16.9. The topological polar surface area (TPSA) is 60.5 Å². The summed E-state index contributed by atoms with van der Waals surface area (Å²) in [6, 6.07) is 9.46. The second-order valence-electron chi connectivity index (χ2n) is 7.00. The van der Waals surface area contributed by atoms with Gasteiger partial charge < -0.3 is 19.2 Å². The monoisotopic (exact) mass is 371 g/mol. The van der Waals surface area contributed by atoms with Gasteiger partial charge in [0.05, 0.1) is 13.2 Å². The maximum absolute atomic E-state index is 12.0. The van der Waals surface area contributed by atoms with E-state index in [0.717, 1.165) is 49.3 Å². The molecule has 2 heterocycles. The van der Waals surface area contributed by atoms with Gasteiger partial charge in [-0.1, -0.05) is 19.1 Å². The van der Waals surface area contributed by atoms with E-state index in [1.165, 1.54) is 18.1 Å². The van der Waals surface area contributed by atoms with E-state index in [2.05, 4.69) is 30.1 Å². The summed E-state index contributed by atoms with van der Waals surface area (Å²) < 4.78 is 17.0. The number of aryl methyl sites for hydroxylation is 3. The van der Waals surface area contributed by atoms with E-state index >= 15 is 0 Å². The Kier molecular flexibility index (Phi) is 6.93. The number of methoxy groups -OCH3 is 1. The fourth-order valence-electron chi connectivity index (χ4n) is 3.39. The number of benzene rings is 1. The third-order valence-electron chi connectivity index (χ3n) is 5.00. The zero-order valence-electron chi connectivity index (χ0n) is 16.3. The minimum Gasteiger partial charge on any atom is -0.496 e. The van der Waals surface area contributed by atoms with Crippen LogP contribution in [0.1, 0.15) is 43.0 Å². The molecule has 1 aliphatic heterocycles. The van der Waals surface area contributed by atoms with Gasteiger partial charge in [-0.3, -0.25) is 4.79 Å². The standard InChI is InChI=1S/C22H29NO4/c1-3-16-7-8-17(21(12-16)25-2)9-10-18-13-19(24)14-22(23-18)27-15-20-6-4-5-11-26-20/h7-8,12-14,20H,3-6,9-11,15H2,1-2H3,(H,23,24). The number of pyridine rings is 1. The van der Waals surface area contributed by atoms with E-state index in [0.29, 0.717) is 18.9 Å². The number of aromatic nitrogens is 1. The summed E-state index contributed by atoms with van der Waals surface area (Å²) in [4.78, 5) is 15.3. The highest BCUT2D eigenvalue weighted by Gasteiger charge is 2.15. The van der Waals surface area contributed by atoms with Crippen molar-refractivity contribution < 1.29 is 14.2 Å². The van der Waals surface area contributed by atoms with Crippen LogP contribution in [0.25, 0.3) is 0 Å². The molecule has 3 rings (SSSR count). The second kappa shape index (κ2) is 9.60. The number of hydrogen-bond acceptors (Lipinski definition) is 4. The predicted octanol–water partition coefficient (Wildman–Crippen LogP) is 3.68. The summed E-state index contributed by atoms with van der Waals surface area (Å²) in [6.45, 7) is 3.40. The van der Waals surface area contributed by atoms with Crippen molar-refractivity contribution in [2.45, 2.75) is 51.6 Å². The largest absolute Gasteiger partial charge is 0.496 e. The van der Waals surface area contributed by atoms with Crippen LogP contribution >= 0.6 is 0 Å². The highest BCUT2D eigenvalue weighted by atomic mass is 16.5. The minimum atomic E-state index is -0.0448. The van der Waals surface area contributed by atoms with Gasteiger partial charge in [-0.25, -0.2) is 0 Å². The average Bonchev–Trinajstić information content (AvgIpc) is 2.71. The number of aromatic amines is 1. The fraction of sp³-hybridized carbons (Fsp3) is 0.500. The summed E-state index contributed by atoms with van der Waals surface area (Å²) in [6.07, 6.45) is 5.90. The molecule has 5 nitrogen and oxygen atoms in total. The summed E-state index contributed by atoms with van der Waals surface area (Å²) in [5, 5.41) is 0. The van der Waals surface area contributed by atoms with Crippen molar-refractivity contribution in [2.75, 3.05) is 20.3 Å². The first-order valence-corrected chi connectivity index (χ1v) is 9.81. The second-order valence-corrected chi connectivity index (χ2v) is 7.00. The first kappa shape index (κ1) is 19.5. The predicted molar refractivity (Wildman–Crippen MR) is 106 cm³/mol. The van der Waals surface area contributed by atoms with Gasteiger partial charge in [0.25, 0.3) is 0 Å². The molecule has 0 aliphatic carbocycles. The van der Waals surface area contributed by atoms with E-state index in [-0.39, 0.29) is 11.5 Å². The smallest absolute Gasteiger partial charge is 0.194 e. The van der Waals surface area contributed by atoms with Crippen LogP contribution in [0, 0.1) is 0 Å². The van der Waals surface area contributed by atoms with Crippen molar-refractivity contribution in [3.05, 3.63) is 57.4 Å². The van der Waals surface area contributed by atoms with Gasteiger partial charge in [-0.05, 0) is 55.7 Å². The van der Waals surface area contributed by atoms with E-state index in [4.69, 9.17) is 14.2 Å². The summed E-state index contributed by atoms with van der Waals surface area (Å²) in [5.74, 6) is 1.42. The van der Waals surface area contributed by atoms with Crippen molar-refractivity contribution in [1.29, 1.82) is 0 Å². The Bertz CT molecular complexity index is 793. The third-order valence-corrected chi connectivity index (χ3v) is 5.00. The van der Waals surface area contributed by atoms with Crippen molar-refractivity contribution in [2.24, 2.45) is 0 Å². The van der Waals surface area contributed by atoms with Crippen molar-refractivity contribution in [1.82, 2.24) is 4.98 Å². The van der Waals surface area contributed by atoms with Crippen molar-refractivity contribution in [3.63, 3.8) is 0 Å². The molecule has 1 atom stereocenters. The molecule has 1 unspecified atom stereocenters. The van der Waals surface area contributed by atoms with Gasteiger partial charge in [0, 0.05) is 24.4 Å². The molecule has 0 amide bonds. The Balaban J connectivity index is 1.63. The SMILES string of the molecule is CCc1ccc(CCc2cc(=O)cc(OCC3CCCCO3)[nH]2)c(OC)c1. The lowest BCUT2D eigenvalue weighted by atomic mass is 10.0. The molecule has 146 valence electrons. The molecular formula is C22H29NO4. The van der Waals surface area contributed by atoms with Crippen molar-refractivity contribution in [3.8, 4) is 11.6 Å². The van der Waals surface area contributed by atoms with Crippen molar-refractivity contribution >= 4 is 0 Å². The molecule has 1 N–H and O–H groups in total. The zero-order chi connectivity index (χ0) is 19.1. The van der Waals surface area contributed by atoms with Gasteiger partial charge >= 0.3 is 0 Å². The Morgan fingerprint density at radius 1 is 1.19 bits per heavy atom. The summed E-state index contributed by atoms with van der Waals surface area (Å²) in [7, 11) is 1.70. The van der Waals surface area contributed by atoms with E-state index in [9.17, 15) is 4.79 Å². The molecule has 2 aromatic rings. The molecule has 1 saturated heterocycles. The third kappa shape index (κ3) is 5.60. The Morgan fingerprint density at radius 3 is 2.81 bits per heavy atom. The first-order valence-electron chi connectivity index (χ1n) is 9.81. The maximum atomic E-state index is 12.0. The van der Waals surface area contributed by atoms with E-state index in [1.54, 1.807) is 13.2 Å². The maximum Gasteiger partial charge on any atom is 0.194 e. The molecule has 1 aliphatic rings. The lowest BCUT2D eigenvalue weighted by Gasteiger charge is -2.22. The quantitative estimate of drug-likeness (QED) is 0.769. The van der Waals surface area contributed by atoms with Crippen LogP contribution in [0.2, 0.25) is 0 Å². The molecule has 0 radical (unpaired) electrons. The highest BCUT2D eigenvalue weighted by molar-refractivity contribution is 5.38. The van der Waals surface area contributed by atoms with E-state index in [1.807, 2.05) is 0 Å². The summed E-state index contributed by atoms with van der Waals surface area (Å²) in [5.41, 5.74) is 3.21. The van der Waals surface area contributed by atoms with Crippen LogP contribution in [0.3, 0.4) is 0 Å². The fourth-order valence-corrected chi connectivity index (χ4v) is 3.39. The molecule has 5 heteroatoms. The first-order chi connectivity index (χ1) is 13.2. The number of ether oxygens (including phenoxy) is 3.